The Balaban J connectivity index is 1.54. The number of carbonyl (C=O) groups excluding carboxylic acids is 1. The van der Waals surface area contributed by atoms with Crippen LogP contribution < -0.4 is 14.2 Å². The molecular weight excluding hydrogens is 554 g/mol. The second-order valence-corrected chi connectivity index (χ2v) is 12.3. The van der Waals surface area contributed by atoms with Crippen LogP contribution in [0.2, 0.25) is 5.02 Å². The third kappa shape index (κ3) is 6.21. The van der Waals surface area contributed by atoms with Crippen LogP contribution in [0.5, 0.6) is 5.75 Å². The van der Waals surface area contributed by atoms with Gasteiger partial charge in [0.25, 0.3) is 26.0 Å². The van der Waals surface area contributed by atoms with E-state index < -0.39 is 20.0 Å². The lowest BCUT2D eigenvalue weighted by Gasteiger charge is -2.27. The number of anilines is 2. The van der Waals surface area contributed by atoms with Crippen LogP contribution in [0.15, 0.2) is 70.5 Å². The van der Waals surface area contributed by atoms with E-state index in [9.17, 15) is 21.6 Å². The summed E-state index contributed by atoms with van der Waals surface area (Å²) in [6, 6.07) is 14.1. The molecule has 202 valence electrons. The minimum Gasteiger partial charge on any atom is -0.496 e. The summed E-state index contributed by atoms with van der Waals surface area (Å²) in [5.41, 5.74) is 1.28. The van der Waals surface area contributed by atoms with E-state index in [1.807, 2.05) is 0 Å². The Bertz CT molecular complexity index is 1550. The van der Waals surface area contributed by atoms with Gasteiger partial charge < -0.3 is 14.4 Å². The molecule has 4 rings (SSSR count). The number of aryl methyl sites for hydroxylation is 1. The largest absolute Gasteiger partial charge is 0.496 e. The first kappa shape index (κ1) is 27.7. The lowest BCUT2D eigenvalue weighted by molar-refractivity contribution is 0.0300. The van der Waals surface area contributed by atoms with E-state index in [0.29, 0.717) is 42.6 Å². The molecular formula is C25H26ClN3O7S2. The van der Waals surface area contributed by atoms with Gasteiger partial charge in [0.2, 0.25) is 0 Å². The predicted octanol–water partition coefficient (Wildman–Crippen LogP) is 3.73. The zero-order valence-corrected chi connectivity index (χ0v) is 23.0. The normalized spacial score (nSPS) is 14.1. The van der Waals surface area contributed by atoms with Gasteiger partial charge in [-0.25, -0.2) is 16.8 Å². The van der Waals surface area contributed by atoms with Gasteiger partial charge in [-0.15, -0.1) is 0 Å². The predicted molar refractivity (Wildman–Crippen MR) is 144 cm³/mol. The number of carbonyl (C=O) groups is 1. The van der Waals surface area contributed by atoms with Crippen molar-refractivity contribution in [3.8, 4) is 5.75 Å². The van der Waals surface area contributed by atoms with Crippen molar-refractivity contribution in [2.75, 3.05) is 42.9 Å². The highest BCUT2D eigenvalue weighted by atomic mass is 35.5. The van der Waals surface area contributed by atoms with Gasteiger partial charge in [0, 0.05) is 23.8 Å². The van der Waals surface area contributed by atoms with Gasteiger partial charge in [0.15, 0.2) is 0 Å². The molecule has 3 aromatic carbocycles. The number of hydrogen-bond donors (Lipinski definition) is 2. The lowest BCUT2D eigenvalue weighted by atomic mass is 10.1. The Morgan fingerprint density at radius 2 is 1.53 bits per heavy atom. The molecule has 0 aromatic heterocycles. The molecule has 1 saturated heterocycles. The summed E-state index contributed by atoms with van der Waals surface area (Å²) in [6.45, 7) is 3.31. The molecule has 0 unspecified atom stereocenters. The highest BCUT2D eigenvalue weighted by molar-refractivity contribution is 7.93. The van der Waals surface area contributed by atoms with Gasteiger partial charge in [0.05, 0.1) is 41.4 Å². The average molecular weight is 580 g/mol. The van der Waals surface area contributed by atoms with Gasteiger partial charge in [-0.05, 0) is 67.1 Å². The van der Waals surface area contributed by atoms with Crippen LogP contribution in [0.4, 0.5) is 11.4 Å². The molecule has 1 amide bonds. The second kappa shape index (κ2) is 11.2. The van der Waals surface area contributed by atoms with Gasteiger partial charge in [-0.2, -0.15) is 0 Å². The van der Waals surface area contributed by atoms with Crippen molar-refractivity contribution in [3.05, 3.63) is 76.8 Å². The van der Waals surface area contributed by atoms with Crippen LogP contribution in [0.1, 0.15) is 15.9 Å². The molecule has 3 aromatic rings. The Morgan fingerprint density at radius 1 is 0.895 bits per heavy atom. The van der Waals surface area contributed by atoms with E-state index in [2.05, 4.69) is 9.44 Å². The molecule has 1 fully saturated rings. The minimum absolute atomic E-state index is 0.0670. The first-order valence-electron chi connectivity index (χ1n) is 11.5. The molecule has 0 radical (unpaired) electrons. The van der Waals surface area contributed by atoms with Crippen LogP contribution in [-0.4, -0.2) is 61.1 Å². The molecule has 0 atom stereocenters. The summed E-state index contributed by atoms with van der Waals surface area (Å²) < 4.78 is 67.3. The first-order valence-corrected chi connectivity index (χ1v) is 14.8. The summed E-state index contributed by atoms with van der Waals surface area (Å²) in [5.74, 6) is -0.114. The number of sulfonamides is 2. The smallest absolute Gasteiger partial charge is 0.261 e. The fraction of sp³-hybridized carbons (Fsp3) is 0.240. The SMILES string of the molecule is COc1ccc(S(=O)(=O)Nc2ccc(S(=O)(=O)Nc3cc(Cl)ccc3C)cc2)cc1C(=O)N1CCOCC1. The first-order chi connectivity index (χ1) is 18.0. The van der Waals surface area contributed by atoms with Crippen molar-refractivity contribution in [1.82, 2.24) is 4.90 Å². The molecule has 2 N–H and O–H groups in total. The van der Waals surface area contributed by atoms with E-state index >= 15 is 0 Å². The van der Waals surface area contributed by atoms with Crippen molar-refractivity contribution < 1.29 is 31.1 Å². The molecule has 1 aliphatic heterocycles. The molecule has 0 saturated carbocycles. The summed E-state index contributed by atoms with van der Waals surface area (Å²) in [6.07, 6.45) is 0. The van der Waals surface area contributed by atoms with E-state index in [4.69, 9.17) is 21.1 Å². The maximum Gasteiger partial charge on any atom is 0.261 e. The monoisotopic (exact) mass is 579 g/mol. The van der Waals surface area contributed by atoms with Crippen LogP contribution in [0, 0.1) is 6.92 Å². The zero-order valence-electron chi connectivity index (χ0n) is 20.6. The quantitative estimate of drug-likeness (QED) is 0.416. The molecule has 0 spiro atoms. The van der Waals surface area contributed by atoms with Gasteiger partial charge in [-0.3, -0.25) is 14.2 Å². The van der Waals surface area contributed by atoms with E-state index in [1.165, 1.54) is 55.6 Å². The minimum atomic E-state index is -4.11. The fourth-order valence-corrected chi connectivity index (χ4v) is 6.16. The number of methoxy groups -OCH3 is 1. The van der Waals surface area contributed by atoms with Gasteiger partial charge >= 0.3 is 0 Å². The van der Waals surface area contributed by atoms with Crippen molar-refractivity contribution in [2.45, 2.75) is 16.7 Å². The Hall–Kier alpha value is -3.32. The maximum atomic E-state index is 13.1. The van der Waals surface area contributed by atoms with Crippen LogP contribution in [0.3, 0.4) is 0 Å². The number of benzene rings is 3. The molecule has 0 bridgehead atoms. The highest BCUT2D eigenvalue weighted by Gasteiger charge is 2.25. The standard InChI is InChI=1S/C25H26ClN3O7S2/c1-17-3-4-18(26)15-23(17)28-37(31,32)20-7-5-19(6-8-20)27-38(33,34)21-9-10-24(35-2)22(16-21)25(30)29-11-13-36-14-12-29/h3-10,15-16,27-28H,11-14H2,1-2H3. The number of rotatable bonds is 8. The van der Waals surface area contributed by atoms with Crippen LogP contribution in [0.25, 0.3) is 0 Å². The molecule has 1 aliphatic rings. The number of morpholine rings is 1. The van der Waals surface area contributed by atoms with Gasteiger partial charge in [-0.1, -0.05) is 17.7 Å². The number of nitrogens with one attached hydrogen (secondary N) is 2. The summed E-state index contributed by atoms with van der Waals surface area (Å²) in [7, 11) is -6.66. The Morgan fingerprint density at radius 3 is 2.18 bits per heavy atom. The molecule has 0 aliphatic carbocycles. The number of amides is 1. The van der Waals surface area contributed by atoms with Crippen LogP contribution >= 0.6 is 11.6 Å². The number of hydrogen-bond acceptors (Lipinski definition) is 7. The van der Waals surface area contributed by atoms with E-state index in [0.717, 1.165) is 0 Å². The molecule has 10 nitrogen and oxygen atoms in total. The summed E-state index contributed by atoms with van der Waals surface area (Å²) in [4.78, 5) is 14.4. The van der Waals surface area contributed by atoms with Crippen LogP contribution in [-0.2, 0) is 24.8 Å². The molecule has 13 heteroatoms. The molecule has 1 heterocycles. The van der Waals surface area contributed by atoms with Gasteiger partial charge in [0.1, 0.15) is 5.75 Å². The number of halogens is 1. The second-order valence-electron chi connectivity index (χ2n) is 8.46. The number of nitrogens with zero attached hydrogens (tertiary/aromatic N) is 1. The van der Waals surface area contributed by atoms with Crippen molar-refractivity contribution in [2.24, 2.45) is 0 Å². The fourth-order valence-electron chi connectivity index (χ4n) is 3.78. The third-order valence-corrected chi connectivity index (χ3v) is 8.87. The summed E-state index contributed by atoms with van der Waals surface area (Å²) in [5, 5.41) is 0.381. The maximum absolute atomic E-state index is 13.1. The highest BCUT2D eigenvalue weighted by Crippen LogP contribution is 2.27. The van der Waals surface area contributed by atoms with Crippen molar-refractivity contribution in [3.63, 3.8) is 0 Å². The zero-order chi connectivity index (χ0) is 27.5. The van der Waals surface area contributed by atoms with E-state index in [1.54, 1.807) is 24.0 Å². The number of ether oxygens (including phenoxy) is 2. The Kier molecular flexibility index (Phi) is 8.16. The Labute approximate surface area is 226 Å². The third-order valence-electron chi connectivity index (χ3n) is 5.87. The topological polar surface area (TPSA) is 131 Å². The lowest BCUT2D eigenvalue weighted by Crippen LogP contribution is -2.40. The van der Waals surface area contributed by atoms with Crippen molar-refractivity contribution >= 4 is 48.9 Å². The molecule has 38 heavy (non-hydrogen) atoms. The van der Waals surface area contributed by atoms with E-state index in [-0.39, 0.29) is 32.7 Å². The van der Waals surface area contributed by atoms with Crippen molar-refractivity contribution in [1.29, 1.82) is 0 Å². The summed E-state index contributed by atoms with van der Waals surface area (Å²) >= 11 is 5.97. The average Bonchev–Trinajstić information content (AvgIpc) is 2.90.